The van der Waals surface area contributed by atoms with E-state index in [1.165, 1.54) is 0 Å². The number of nitrogens with two attached hydrogens (primary N) is 1. The number of halogens is 1. The van der Waals surface area contributed by atoms with Crippen molar-refractivity contribution < 1.29 is 8.42 Å². The molecule has 1 aromatic heterocycles. The Bertz CT molecular complexity index is 454. The average molecular weight is 294 g/mol. The van der Waals surface area contributed by atoms with E-state index < -0.39 is 9.84 Å². The van der Waals surface area contributed by atoms with Gasteiger partial charge in [-0.25, -0.2) is 8.42 Å². The lowest BCUT2D eigenvalue weighted by Gasteiger charge is -2.22. The van der Waals surface area contributed by atoms with Crippen LogP contribution < -0.4 is 5.73 Å². The summed E-state index contributed by atoms with van der Waals surface area (Å²) in [4.78, 5) is 0. The van der Waals surface area contributed by atoms with Crippen LogP contribution >= 0.6 is 15.9 Å². The maximum Gasteiger partial charge on any atom is 0.150 e. The number of nitrogens with zero attached hydrogens (tertiary/aromatic N) is 2. The zero-order chi connectivity index (χ0) is 11.1. The van der Waals surface area contributed by atoms with Crippen LogP contribution in [0.5, 0.6) is 0 Å². The molecule has 1 saturated heterocycles. The highest BCUT2D eigenvalue weighted by Gasteiger charge is 2.26. The molecule has 84 valence electrons. The van der Waals surface area contributed by atoms with E-state index in [2.05, 4.69) is 21.0 Å². The fraction of sp³-hybridized carbons (Fsp3) is 0.625. The molecule has 15 heavy (non-hydrogen) atoms. The van der Waals surface area contributed by atoms with Crippen LogP contribution in [0.25, 0.3) is 0 Å². The minimum absolute atomic E-state index is 0.139. The number of sulfone groups is 1. The summed E-state index contributed by atoms with van der Waals surface area (Å²) in [5, 5.41) is 4.14. The van der Waals surface area contributed by atoms with E-state index in [9.17, 15) is 8.42 Å². The van der Waals surface area contributed by atoms with Crippen LogP contribution in [0.1, 0.15) is 18.9 Å². The van der Waals surface area contributed by atoms with Crippen LogP contribution in [0, 0.1) is 0 Å². The molecule has 1 aliphatic heterocycles. The van der Waals surface area contributed by atoms with Crippen molar-refractivity contribution in [1.82, 2.24) is 9.78 Å². The Labute approximate surface area is 96.7 Å². The Kier molecular flexibility index (Phi) is 2.76. The van der Waals surface area contributed by atoms with E-state index in [-0.39, 0.29) is 17.5 Å². The van der Waals surface area contributed by atoms with Crippen molar-refractivity contribution in [1.29, 1.82) is 0 Å². The first-order valence-corrected chi connectivity index (χ1v) is 7.30. The quantitative estimate of drug-likeness (QED) is 0.837. The third-order valence-corrected chi connectivity index (χ3v) is 5.17. The van der Waals surface area contributed by atoms with Crippen LogP contribution in [-0.2, 0) is 9.84 Å². The SMILES string of the molecule is Nc1cnn(C2CCS(=O)(=O)CC2)c1Br. The highest BCUT2D eigenvalue weighted by Crippen LogP contribution is 2.29. The zero-order valence-corrected chi connectivity index (χ0v) is 10.5. The van der Waals surface area contributed by atoms with Gasteiger partial charge in [0, 0.05) is 0 Å². The van der Waals surface area contributed by atoms with Gasteiger partial charge >= 0.3 is 0 Å². The molecule has 5 nitrogen and oxygen atoms in total. The Hall–Kier alpha value is -0.560. The van der Waals surface area contributed by atoms with E-state index >= 15 is 0 Å². The van der Waals surface area contributed by atoms with Crippen LogP contribution in [0.3, 0.4) is 0 Å². The molecule has 1 aliphatic rings. The van der Waals surface area contributed by atoms with Crippen molar-refractivity contribution in [3.8, 4) is 0 Å². The minimum atomic E-state index is -2.82. The number of nitrogen functional groups attached to an aromatic ring is 1. The fourth-order valence-electron chi connectivity index (χ4n) is 1.74. The van der Waals surface area contributed by atoms with E-state index in [0.717, 1.165) is 4.60 Å². The van der Waals surface area contributed by atoms with Gasteiger partial charge in [-0.15, -0.1) is 0 Å². The predicted molar refractivity (Wildman–Crippen MR) is 61.3 cm³/mol. The number of anilines is 1. The first-order chi connectivity index (χ1) is 6.99. The van der Waals surface area contributed by atoms with Crippen LogP contribution in [-0.4, -0.2) is 29.7 Å². The van der Waals surface area contributed by atoms with Crippen molar-refractivity contribution in [3.05, 3.63) is 10.8 Å². The normalized spacial score (nSPS) is 21.7. The Balaban J connectivity index is 2.18. The average Bonchev–Trinajstić information content (AvgIpc) is 2.49. The summed E-state index contributed by atoms with van der Waals surface area (Å²) in [7, 11) is -2.82. The van der Waals surface area contributed by atoms with Gasteiger partial charge in [0.05, 0.1) is 29.4 Å². The molecule has 0 amide bonds. The Morgan fingerprint density at radius 2 is 2.07 bits per heavy atom. The summed E-state index contributed by atoms with van der Waals surface area (Å²) in [6.07, 6.45) is 2.80. The largest absolute Gasteiger partial charge is 0.395 e. The van der Waals surface area contributed by atoms with Crippen LogP contribution in [0.4, 0.5) is 5.69 Å². The lowest BCUT2D eigenvalue weighted by molar-refractivity contribution is 0.407. The molecule has 0 unspecified atom stereocenters. The molecule has 0 radical (unpaired) electrons. The van der Waals surface area contributed by atoms with Crippen molar-refractivity contribution in [2.75, 3.05) is 17.2 Å². The molecule has 0 aromatic carbocycles. The first kappa shape index (κ1) is 10.9. The second kappa shape index (κ2) is 3.79. The third kappa shape index (κ3) is 2.17. The fourth-order valence-corrected chi connectivity index (χ4v) is 3.69. The van der Waals surface area contributed by atoms with Crippen molar-refractivity contribution in [2.24, 2.45) is 0 Å². The van der Waals surface area contributed by atoms with Crippen molar-refractivity contribution in [3.63, 3.8) is 0 Å². The number of aromatic nitrogens is 2. The van der Waals surface area contributed by atoms with Gasteiger partial charge in [0.15, 0.2) is 0 Å². The maximum absolute atomic E-state index is 11.3. The van der Waals surface area contributed by atoms with Gasteiger partial charge in [0.2, 0.25) is 0 Å². The number of hydrogen-bond donors (Lipinski definition) is 1. The maximum atomic E-state index is 11.3. The van der Waals surface area contributed by atoms with E-state index in [4.69, 9.17) is 5.73 Å². The van der Waals surface area contributed by atoms with Gasteiger partial charge in [0.1, 0.15) is 14.4 Å². The van der Waals surface area contributed by atoms with E-state index in [1.54, 1.807) is 10.9 Å². The van der Waals surface area contributed by atoms with Gasteiger partial charge in [-0.05, 0) is 28.8 Å². The Morgan fingerprint density at radius 1 is 1.47 bits per heavy atom. The highest BCUT2D eigenvalue weighted by molar-refractivity contribution is 9.10. The molecule has 2 rings (SSSR count). The van der Waals surface area contributed by atoms with Gasteiger partial charge in [-0.1, -0.05) is 0 Å². The van der Waals surface area contributed by atoms with Gasteiger partial charge < -0.3 is 5.73 Å². The minimum Gasteiger partial charge on any atom is -0.395 e. The van der Waals surface area contributed by atoms with Crippen molar-refractivity contribution in [2.45, 2.75) is 18.9 Å². The number of hydrogen-bond acceptors (Lipinski definition) is 4. The zero-order valence-electron chi connectivity index (χ0n) is 8.06. The summed E-state index contributed by atoms with van der Waals surface area (Å²) >= 11 is 3.34. The summed E-state index contributed by atoms with van der Waals surface area (Å²) in [6, 6.07) is 0.139. The van der Waals surface area contributed by atoms with E-state index in [0.29, 0.717) is 18.5 Å². The second-order valence-electron chi connectivity index (χ2n) is 3.72. The van der Waals surface area contributed by atoms with E-state index in [1.807, 2.05) is 0 Å². The molecule has 2 heterocycles. The lowest BCUT2D eigenvalue weighted by atomic mass is 10.2. The topological polar surface area (TPSA) is 78.0 Å². The molecule has 0 bridgehead atoms. The molecule has 0 spiro atoms. The molecule has 2 N–H and O–H groups in total. The van der Waals surface area contributed by atoms with Gasteiger partial charge in [0.25, 0.3) is 0 Å². The third-order valence-electron chi connectivity index (χ3n) is 2.63. The summed E-state index contributed by atoms with van der Waals surface area (Å²) in [5.41, 5.74) is 6.24. The summed E-state index contributed by atoms with van der Waals surface area (Å²) in [5.74, 6) is 0.480. The molecule has 0 atom stereocenters. The molecule has 1 fully saturated rings. The smallest absolute Gasteiger partial charge is 0.150 e. The first-order valence-electron chi connectivity index (χ1n) is 4.68. The molecular formula is C8H12BrN3O2S. The molecular weight excluding hydrogens is 282 g/mol. The monoisotopic (exact) mass is 293 g/mol. The molecule has 1 aromatic rings. The van der Waals surface area contributed by atoms with Crippen molar-refractivity contribution >= 4 is 31.5 Å². The predicted octanol–water partition coefficient (Wildman–Crippen LogP) is 0.978. The van der Waals surface area contributed by atoms with Gasteiger partial charge in [-0.3, -0.25) is 4.68 Å². The second-order valence-corrected chi connectivity index (χ2v) is 6.77. The van der Waals surface area contributed by atoms with Gasteiger partial charge in [-0.2, -0.15) is 5.10 Å². The standard InChI is InChI=1S/C8H12BrN3O2S/c9-8-7(10)5-11-12(8)6-1-3-15(13,14)4-2-6/h5-6H,1-4,10H2. The molecule has 7 heteroatoms. The number of rotatable bonds is 1. The summed E-state index contributed by atoms with van der Waals surface area (Å²) < 4.78 is 25.0. The Morgan fingerprint density at radius 3 is 2.53 bits per heavy atom. The highest BCUT2D eigenvalue weighted by atomic mass is 79.9. The summed E-state index contributed by atoms with van der Waals surface area (Å²) in [6.45, 7) is 0. The van der Waals surface area contributed by atoms with Crippen LogP contribution in [0.15, 0.2) is 10.8 Å². The lowest BCUT2D eigenvalue weighted by Crippen LogP contribution is -2.26. The van der Waals surface area contributed by atoms with Crippen LogP contribution in [0.2, 0.25) is 0 Å². The molecule has 0 aliphatic carbocycles. The molecule has 0 saturated carbocycles.